The molecule has 5 rings (SSSR count). The monoisotopic (exact) mass is 471 g/mol. The van der Waals surface area contributed by atoms with Crippen LogP contribution in [0.1, 0.15) is 11.4 Å². The van der Waals surface area contributed by atoms with E-state index in [0.29, 0.717) is 16.7 Å². The lowest BCUT2D eigenvalue weighted by Crippen LogP contribution is -2.22. The quantitative estimate of drug-likeness (QED) is 0.359. The van der Waals surface area contributed by atoms with Gasteiger partial charge in [-0.3, -0.25) is 9.36 Å². The van der Waals surface area contributed by atoms with Crippen molar-refractivity contribution in [3.05, 3.63) is 99.1 Å². The van der Waals surface area contributed by atoms with Crippen LogP contribution < -0.4 is 10.3 Å². The van der Waals surface area contributed by atoms with Crippen molar-refractivity contribution in [2.75, 3.05) is 7.11 Å². The molecule has 6 heteroatoms. The normalized spacial score (nSPS) is 11.5. The zero-order valence-electron chi connectivity index (χ0n) is 16.7. The van der Waals surface area contributed by atoms with E-state index in [0.717, 1.165) is 32.4 Å². The molecule has 0 atom stereocenters. The molecule has 0 spiro atoms. The van der Waals surface area contributed by atoms with E-state index in [1.807, 2.05) is 79.0 Å². The van der Waals surface area contributed by atoms with Gasteiger partial charge in [-0.05, 0) is 66.7 Å². The van der Waals surface area contributed by atoms with Crippen molar-refractivity contribution >= 4 is 49.9 Å². The van der Waals surface area contributed by atoms with E-state index in [1.54, 1.807) is 17.7 Å². The fourth-order valence-electron chi connectivity index (χ4n) is 3.65. The van der Waals surface area contributed by atoms with E-state index < -0.39 is 0 Å². The number of nitrogens with one attached hydrogen (secondary N) is 1. The third-order valence-electron chi connectivity index (χ3n) is 5.22. The number of nitrogens with zero attached hydrogens (tertiary/aromatic N) is 2. The molecular formula is C25H18BrN3O2. The Bertz CT molecular complexity index is 1500. The fraction of sp³-hybridized carbons (Fsp3) is 0.0400. The summed E-state index contributed by atoms with van der Waals surface area (Å²) in [4.78, 5) is 21.4. The first-order valence-electron chi connectivity index (χ1n) is 9.75. The Hall–Kier alpha value is -3.64. The molecule has 5 aromatic rings. The molecule has 3 aromatic carbocycles. The lowest BCUT2D eigenvalue weighted by atomic mass is 10.1. The number of ether oxygens (including phenoxy) is 1. The molecule has 0 saturated heterocycles. The minimum Gasteiger partial charge on any atom is -0.497 e. The maximum Gasteiger partial charge on any atom is 0.266 e. The van der Waals surface area contributed by atoms with Crippen molar-refractivity contribution in [3.8, 4) is 11.4 Å². The first-order chi connectivity index (χ1) is 15.1. The predicted octanol–water partition coefficient (Wildman–Crippen LogP) is 5.81. The lowest BCUT2D eigenvalue weighted by molar-refractivity contribution is 0.415. The largest absolute Gasteiger partial charge is 0.497 e. The summed E-state index contributed by atoms with van der Waals surface area (Å²) in [5.41, 5.74) is 3.32. The Labute approximate surface area is 186 Å². The number of hydrogen-bond donors (Lipinski definition) is 1. The highest BCUT2D eigenvalue weighted by Gasteiger charge is 2.11. The molecule has 2 heterocycles. The van der Waals surface area contributed by atoms with Crippen LogP contribution in [0.25, 0.3) is 39.6 Å². The second kappa shape index (κ2) is 7.89. The van der Waals surface area contributed by atoms with E-state index in [4.69, 9.17) is 9.72 Å². The summed E-state index contributed by atoms with van der Waals surface area (Å²) < 4.78 is 7.95. The van der Waals surface area contributed by atoms with Gasteiger partial charge in [0.15, 0.2) is 0 Å². The average Bonchev–Trinajstić information content (AvgIpc) is 3.21. The summed E-state index contributed by atoms with van der Waals surface area (Å²) >= 11 is 3.46. The van der Waals surface area contributed by atoms with Crippen LogP contribution in [0.4, 0.5) is 0 Å². The van der Waals surface area contributed by atoms with Gasteiger partial charge < -0.3 is 9.72 Å². The molecule has 0 aliphatic heterocycles. The third kappa shape index (κ3) is 3.55. The Balaban J connectivity index is 1.70. The fourth-order valence-corrected chi connectivity index (χ4v) is 3.92. The van der Waals surface area contributed by atoms with Gasteiger partial charge in [0.05, 0.1) is 23.7 Å². The maximum absolute atomic E-state index is 13.3. The molecular weight excluding hydrogens is 454 g/mol. The van der Waals surface area contributed by atoms with Crippen LogP contribution in [-0.4, -0.2) is 21.6 Å². The van der Waals surface area contributed by atoms with Gasteiger partial charge in [0.25, 0.3) is 5.56 Å². The van der Waals surface area contributed by atoms with Gasteiger partial charge in [-0.25, -0.2) is 4.98 Å². The molecule has 0 amide bonds. The Morgan fingerprint density at radius 3 is 2.61 bits per heavy atom. The van der Waals surface area contributed by atoms with Gasteiger partial charge in [-0.2, -0.15) is 0 Å². The van der Waals surface area contributed by atoms with Crippen molar-refractivity contribution in [2.24, 2.45) is 0 Å². The molecule has 0 radical (unpaired) electrons. The van der Waals surface area contributed by atoms with Crippen molar-refractivity contribution < 1.29 is 4.74 Å². The van der Waals surface area contributed by atoms with Crippen molar-refractivity contribution in [1.82, 2.24) is 14.5 Å². The van der Waals surface area contributed by atoms with Gasteiger partial charge >= 0.3 is 0 Å². The van der Waals surface area contributed by atoms with Crippen LogP contribution in [0, 0.1) is 0 Å². The number of methoxy groups -OCH3 is 1. The maximum atomic E-state index is 13.3. The van der Waals surface area contributed by atoms with Gasteiger partial charge in [0.1, 0.15) is 11.6 Å². The molecule has 31 heavy (non-hydrogen) atoms. The Morgan fingerprint density at radius 1 is 1.00 bits per heavy atom. The van der Waals surface area contributed by atoms with Crippen LogP contribution >= 0.6 is 15.9 Å². The molecule has 2 aromatic heterocycles. The molecule has 0 unspecified atom stereocenters. The number of rotatable bonds is 4. The van der Waals surface area contributed by atoms with Gasteiger partial charge in [0, 0.05) is 27.1 Å². The van der Waals surface area contributed by atoms with Crippen LogP contribution in [0.5, 0.6) is 5.75 Å². The van der Waals surface area contributed by atoms with Crippen molar-refractivity contribution in [3.63, 3.8) is 0 Å². The van der Waals surface area contributed by atoms with Crippen LogP contribution in [-0.2, 0) is 0 Å². The standard InChI is InChI=1S/C25H18BrN3O2/c1-31-19-11-12-22-21(14-19)16(15-27-22)6-13-24-28-23-5-3-2-4-20(23)25(30)29(24)18-9-7-17(26)8-10-18/h2-15,27H,1H3/b13-6+. The number of hydrogen-bond acceptors (Lipinski definition) is 3. The van der Waals surface area contributed by atoms with Crippen molar-refractivity contribution in [1.29, 1.82) is 0 Å². The zero-order valence-corrected chi connectivity index (χ0v) is 18.3. The molecule has 0 bridgehead atoms. The number of halogens is 1. The number of para-hydroxylation sites is 1. The molecule has 5 nitrogen and oxygen atoms in total. The summed E-state index contributed by atoms with van der Waals surface area (Å²) in [6.45, 7) is 0. The summed E-state index contributed by atoms with van der Waals surface area (Å²) in [5.74, 6) is 1.35. The number of H-pyrrole nitrogens is 1. The highest BCUT2D eigenvalue weighted by molar-refractivity contribution is 9.10. The lowest BCUT2D eigenvalue weighted by Gasteiger charge is -2.11. The van der Waals surface area contributed by atoms with E-state index in [2.05, 4.69) is 20.9 Å². The molecule has 0 fully saturated rings. The molecule has 0 aliphatic rings. The van der Waals surface area contributed by atoms with Crippen LogP contribution in [0.3, 0.4) is 0 Å². The summed E-state index contributed by atoms with van der Waals surface area (Å²) in [6.07, 6.45) is 5.77. The number of aromatic nitrogens is 3. The minimum absolute atomic E-state index is 0.104. The van der Waals surface area contributed by atoms with E-state index in [9.17, 15) is 4.79 Å². The van der Waals surface area contributed by atoms with E-state index in [-0.39, 0.29) is 5.56 Å². The zero-order chi connectivity index (χ0) is 21.4. The summed E-state index contributed by atoms with van der Waals surface area (Å²) in [5, 5.41) is 1.62. The number of benzene rings is 3. The van der Waals surface area contributed by atoms with Crippen LogP contribution in [0.2, 0.25) is 0 Å². The minimum atomic E-state index is -0.104. The second-order valence-electron chi connectivity index (χ2n) is 7.09. The molecule has 0 aliphatic carbocycles. The topological polar surface area (TPSA) is 59.9 Å². The second-order valence-corrected chi connectivity index (χ2v) is 8.01. The van der Waals surface area contributed by atoms with Gasteiger partial charge in [0.2, 0.25) is 0 Å². The molecule has 1 N–H and O–H groups in total. The van der Waals surface area contributed by atoms with Gasteiger partial charge in [-0.1, -0.05) is 28.1 Å². The smallest absolute Gasteiger partial charge is 0.266 e. The summed E-state index contributed by atoms with van der Waals surface area (Å²) in [6, 6.07) is 20.9. The van der Waals surface area contributed by atoms with Crippen LogP contribution in [0.15, 0.2) is 82.2 Å². The van der Waals surface area contributed by atoms with E-state index >= 15 is 0 Å². The predicted molar refractivity (Wildman–Crippen MR) is 129 cm³/mol. The third-order valence-corrected chi connectivity index (χ3v) is 5.75. The molecule has 152 valence electrons. The Morgan fingerprint density at radius 2 is 1.81 bits per heavy atom. The molecule has 0 saturated carbocycles. The number of fused-ring (bicyclic) bond motifs is 2. The van der Waals surface area contributed by atoms with E-state index in [1.165, 1.54) is 0 Å². The number of aromatic amines is 1. The Kier molecular flexibility index (Phi) is 4.92. The van der Waals surface area contributed by atoms with Gasteiger partial charge in [-0.15, -0.1) is 0 Å². The highest BCUT2D eigenvalue weighted by Crippen LogP contribution is 2.25. The first kappa shape index (κ1) is 19.3. The highest BCUT2D eigenvalue weighted by atomic mass is 79.9. The average molecular weight is 472 g/mol. The van der Waals surface area contributed by atoms with Crippen molar-refractivity contribution in [2.45, 2.75) is 0 Å². The SMILES string of the molecule is COc1ccc2[nH]cc(/C=C/c3nc4ccccc4c(=O)n3-c3ccc(Br)cc3)c2c1. The summed E-state index contributed by atoms with van der Waals surface area (Å²) in [7, 11) is 1.65. The first-order valence-corrected chi connectivity index (χ1v) is 10.5.